The van der Waals surface area contributed by atoms with Crippen molar-refractivity contribution in [2.45, 2.75) is 12.8 Å². The van der Waals surface area contributed by atoms with Gasteiger partial charge in [-0.2, -0.15) is 0 Å². The Morgan fingerprint density at radius 3 is 1.70 bits per heavy atom. The molecule has 12 aromatic rings. The number of nitrogens with zero attached hydrogens (tertiary/aromatic N) is 3. The third-order valence-electron chi connectivity index (χ3n) is 12.9. The van der Waals surface area contributed by atoms with Crippen LogP contribution in [0.3, 0.4) is 0 Å². The third-order valence-corrected chi connectivity index (χ3v) is 12.9. The molecular weight excluding hydrogens is 783 g/mol. The van der Waals surface area contributed by atoms with Crippen molar-refractivity contribution in [3.8, 4) is 67.5 Å². The number of benzene rings is 9. The van der Waals surface area contributed by atoms with Gasteiger partial charge in [0.05, 0.1) is 0 Å². The largest absolute Gasteiger partial charge is 0.456 e. The average Bonchev–Trinajstić information content (AvgIpc) is 3.95. The minimum absolute atomic E-state index is 0.596. The first-order chi connectivity index (χ1) is 31.7. The van der Waals surface area contributed by atoms with Gasteiger partial charge in [-0.05, 0) is 86.8 Å². The molecule has 5 nitrogen and oxygen atoms in total. The lowest BCUT2D eigenvalue weighted by atomic mass is 9.86. The summed E-state index contributed by atoms with van der Waals surface area (Å²) in [6.45, 7) is 0. The van der Waals surface area contributed by atoms with Crippen molar-refractivity contribution >= 4 is 60.7 Å². The molecular formula is C59H37N3O2. The zero-order valence-corrected chi connectivity index (χ0v) is 34.6. The highest BCUT2D eigenvalue weighted by Gasteiger charge is 2.22. The molecule has 1 aliphatic rings. The number of para-hydroxylation sites is 2. The summed E-state index contributed by atoms with van der Waals surface area (Å²) in [6, 6.07) is 65.8. The van der Waals surface area contributed by atoms with Crippen molar-refractivity contribution < 1.29 is 8.83 Å². The van der Waals surface area contributed by atoms with Crippen LogP contribution in [0.5, 0.6) is 0 Å². The van der Waals surface area contributed by atoms with E-state index in [1.54, 1.807) is 0 Å². The summed E-state index contributed by atoms with van der Waals surface area (Å²) in [5, 5.41) is 6.63. The monoisotopic (exact) mass is 819 g/mol. The lowest BCUT2D eigenvalue weighted by Crippen LogP contribution is -2.00. The molecule has 0 saturated carbocycles. The molecule has 3 heterocycles. The van der Waals surface area contributed by atoms with Gasteiger partial charge in [-0.25, -0.2) is 15.0 Å². The van der Waals surface area contributed by atoms with Crippen LogP contribution in [-0.4, -0.2) is 15.0 Å². The van der Waals surface area contributed by atoms with Crippen LogP contribution in [0.4, 0.5) is 0 Å². The van der Waals surface area contributed by atoms with E-state index in [0.717, 1.165) is 95.7 Å². The van der Waals surface area contributed by atoms with Gasteiger partial charge in [0, 0.05) is 43.8 Å². The minimum Gasteiger partial charge on any atom is -0.456 e. The highest BCUT2D eigenvalue weighted by atomic mass is 16.3. The van der Waals surface area contributed by atoms with Crippen molar-refractivity contribution in [3.05, 3.63) is 205 Å². The fourth-order valence-electron chi connectivity index (χ4n) is 9.85. The summed E-state index contributed by atoms with van der Waals surface area (Å²) < 4.78 is 13.1. The van der Waals surface area contributed by atoms with E-state index in [2.05, 4.69) is 140 Å². The topological polar surface area (TPSA) is 65.0 Å². The first-order valence-electron chi connectivity index (χ1n) is 21.8. The normalized spacial score (nSPS) is 12.5. The van der Waals surface area contributed by atoms with E-state index < -0.39 is 0 Å². The van der Waals surface area contributed by atoms with Crippen molar-refractivity contribution in [1.29, 1.82) is 0 Å². The van der Waals surface area contributed by atoms with E-state index in [9.17, 15) is 0 Å². The molecule has 1 aliphatic carbocycles. The number of hydrogen-bond donors (Lipinski definition) is 0. The Balaban J connectivity index is 0.929. The van der Waals surface area contributed by atoms with E-state index in [1.165, 1.54) is 33.0 Å². The molecule has 0 spiro atoms. The van der Waals surface area contributed by atoms with Crippen LogP contribution < -0.4 is 0 Å². The molecule has 0 amide bonds. The fraction of sp³-hybridized carbons (Fsp3) is 0.0339. The van der Waals surface area contributed by atoms with Crippen molar-refractivity contribution in [3.63, 3.8) is 0 Å². The van der Waals surface area contributed by atoms with Crippen molar-refractivity contribution in [2.75, 3.05) is 0 Å². The number of fused-ring (bicyclic) bond motifs is 8. The predicted molar refractivity (Wildman–Crippen MR) is 262 cm³/mol. The lowest BCUT2D eigenvalue weighted by molar-refractivity contribution is 0.669. The van der Waals surface area contributed by atoms with Gasteiger partial charge >= 0.3 is 0 Å². The van der Waals surface area contributed by atoms with E-state index in [0.29, 0.717) is 17.5 Å². The maximum atomic E-state index is 6.80. The highest BCUT2D eigenvalue weighted by molar-refractivity contribution is 6.19. The molecule has 0 fully saturated rings. The molecule has 64 heavy (non-hydrogen) atoms. The van der Waals surface area contributed by atoms with Gasteiger partial charge in [0.2, 0.25) is 0 Å². The van der Waals surface area contributed by atoms with Gasteiger partial charge in [-0.15, -0.1) is 0 Å². The molecule has 0 radical (unpaired) electrons. The van der Waals surface area contributed by atoms with Gasteiger partial charge in [0.25, 0.3) is 0 Å². The summed E-state index contributed by atoms with van der Waals surface area (Å²) >= 11 is 0. The second-order valence-corrected chi connectivity index (χ2v) is 16.5. The van der Waals surface area contributed by atoms with Crippen LogP contribution in [0.1, 0.15) is 17.5 Å². The van der Waals surface area contributed by atoms with Crippen molar-refractivity contribution in [1.82, 2.24) is 15.0 Å². The molecule has 0 bridgehead atoms. The van der Waals surface area contributed by atoms with E-state index >= 15 is 0 Å². The predicted octanol–water partition coefficient (Wildman–Crippen LogP) is 15.8. The van der Waals surface area contributed by atoms with Gasteiger partial charge in [-0.1, -0.05) is 176 Å². The fourth-order valence-corrected chi connectivity index (χ4v) is 9.85. The van der Waals surface area contributed by atoms with Crippen LogP contribution >= 0.6 is 0 Å². The zero-order valence-electron chi connectivity index (χ0n) is 34.6. The molecule has 9 aromatic carbocycles. The van der Waals surface area contributed by atoms with Gasteiger partial charge in [-0.3, -0.25) is 0 Å². The SMILES string of the molecule is C1=Cc2c(cccc2-c2ccc(-c3ccc(-c4ccc(-c5nc(-c6ccccc6)nc(-c6cccc7oc8ccccc8c67)n5)cc4)c4ccccc34)c3c2oc2ccccc23)CC1. The number of hydrogen-bond acceptors (Lipinski definition) is 5. The molecule has 300 valence electrons. The van der Waals surface area contributed by atoms with Crippen LogP contribution in [0.15, 0.2) is 203 Å². The summed E-state index contributed by atoms with van der Waals surface area (Å²) in [4.78, 5) is 15.3. The number of furan rings is 2. The second kappa shape index (κ2) is 14.6. The zero-order chi connectivity index (χ0) is 42.1. The molecule has 0 N–H and O–H groups in total. The smallest absolute Gasteiger partial charge is 0.164 e. The molecule has 0 aliphatic heterocycles. The number of allylic oxidation sites excluding steroid dienone is 1. The van der Waals surface area contributed by atoms with Gasteiger partial charge < -0.3 is 8.83 Å². The highest BCUT2D eigenvalue weighted by Crippen LogP contribution is 2.46. The van der Waals surface area contributed by atoms with Crippen LogP contribution in [0.25, 0.3) is 128 Å². The van der Waals surface area contributed by atoms with E-state index in [-0.39, 0.29) is 0 Å². The Bertz CT molecular complexity index is 3840. The summed E-state index contributed by atoms with van der Waals surface area (Å²) in [5.41, 5.74) is 15.7. The first kappa shape index (κ1) is 36.3. The Hall–Kier alpha value is -8.41. The van der Waals surface area contributed by atoms with E-state index in [1.807, 2.05) is 60.7 Å². The maximum Gasteiger partial charge on any atom is 0.164 e. The molecule has 0 saturated heterocycles. The van der Waals surface area contributed by atoms with Crippen molar-refractivity contribution in [2.24, 2.45) is 0 Å². The molecule has 0 unspecified atom stereocenters. The second-order valence-electron chi connectivity index (χ2n) is 16.5. The Morgan fingerprint density at radius 1 is 0.344 bits per heavy atom. The minimum atomic E-state index is 0.596. The number of rotatable bonds is 6. The van der Waals surface area contributed by atoms with Gasteiger partial charge in [0.1, 0.15) is 22.3 Å². The first-order valence-corrected chi connectivity index (χ1v) is 21.8. The lowest BCUT2D eigenvalue weighted by Gasteiger charge is -2.17. The Kier molecular flexibility index (Phi) is 8.28. The molecule has 0 atom stereocenters. The third kappa shape index (κ3) is 5.82. The van der Waals surface area contributed by atoms with Gasteiger partial charge in [0.15, 0.2) is 17.5 Å². The number of aromatic nitrogens is 3. The molecule has 3 aromatic heterocycles. The van der Waals surface area contributed by atoms with Crippen LogP contribution in [0, 0.1) is 0 Å². The maximum absolute atomic E-state index is 6.80. The molecule has 13 rings (SSSR count). The summed E-state index contributed by atoms with van der Waals surface area (Å²) in [6.07, 6.45) is 6.69. The number of aryl methyl sites for hydroxylation is 1. The molecule has 5 heteroatoms. The van der Waals surface area contributed by atoms with Crippen LogP contribution in [-0.2, 0) is 6.42 Å². The quantitative estimate of drug-likeness (QED) is 0.167. The summed E-state index contributed by atoms with van der Waals surface area (Å²) in [7, 11) is 0. The van der Waals surface area contributed by atoms with Crippen LogP contribution in [0.2, 0.25) is 0 Å². The Labute approximate surface area is 368 Å². The standard InChI is InChI=1S/C59H37N3O2/c1-2-15-38(16-3-1)57-60-58(62-59(61-57)50-24-13-27-53-54(50)48-21-8-10-25-51(48)63-53)39-30-28-37(29-31-39)41-32-33-45(44-20-7-6-19-42(41)44)46-34-35-47(43-23-12-17-36-14-4-5-18-40(36)43)56-55(46)49-22-9-11-26-52(49)64-56/h1-3,5-13,15-35H,4,14H2. The average molecular weight is 820 g/mol. The Morgan fingerprint density at radius 2 is 0.906 bits per heavy atom. The van der Waals surface area contributed by atoms with E-state index in [4.69, 9.17) is 23.8 Å². The summed E-state index contributed by atoms with van der Waals surface area (Å²) in [5.74, 6) is 1.81.